The van der Waals surface area contributed by atoms with E-state index in [1.165, 1.54) is 30.2 Å². The van der Waals surface area contributed by atoms with Crippen LogP contribution in [0.2, 0.25) is 5.02 Å². The molecule has 1 aliphatic heterocycles. The first-order valence-electron chi connectivity index (χ1n) is 9.29. The molecule has 0 bridgehead atoms. The lowest BCUT2D eigenvalue weighted by Gasteiger charge is -2.25. The van der Waals surface area contributed by atoms with Crippen molar-refractivity contribution in [1.29, 1.82) is 0 Å². The fourth-order valence-corrected chi connectivity index (χ4v) is 3.58. The van der Waals surface area contributed by atoms with Gasteiger partial charge in [0.2, 0.25) is 5.91 Å². The van der Waals surface area contributed by atoms with Crippen molar-refractivity contribution in [3.05, 3.63) is 64.2 Å². The number of amides is 2. The number of alkyl halides is 3. The molecule has 2 aromatic rings. The Morgan fingerprint density at radius 3 is 2.53 bits per heavy atom. The van der Waals surface area contributed by atoms with Crippen LogP contribution in [0.3, 0.4) is 0 Å². The number of hydrogen-bond acceptors (Lipinski definition) is 3. The highest BCUT2D eigenvalue weighted by Crippen LogP contribution is 2.29. The first-order valence-corrected chi connectivity index (χ1v) is 9.67. The Morgan fingerprint density at radius 1 is 1.20 bits per heavy atom. The summed E-state index contributed by atoms with van der Waals surface area (Å²) in [4.78, 5) is 27.1. The molecule has 5 nitrogen and oxygen atoms in total. The molecule has 3 rings (SSSR count). The molecule has 1 N–H and O–H groups in total. The van der Waals surface area contributed by atoms with Crippen LogP contribution in [0, 0.1) is 0 Å². The number of hydrogen-bond donors (Lipinski definition) is 1. The normalized spacial score (nSPS) is 16.4. The molecule has 1 fully saturated rings. The number of benzene rings is 2. The molecule has 0 unspecified atom stereocenters. The van der Waals surface area contributed by atoms with E-state index in [4.69, 9.17) is 16.3 Å². The zero-order valence-corrected chi connectivity index (χ0v) is 16.9. The molecule has 0 saturated carbocycles. The van der Waals surface area contributed by atoms with Crippen LogP contribution in [0.25, 0.3) is 0 Å². The molecule has 0 radical (unpaired) electrons. The topological polar surface area (TPSA) is 58.6 Å². The lowest BCUT2D eigenvalue weighted by molar-refractivity contribution is -0.137. The van der Waals surface area contributed by atoms with Crippen LogP contribution >= 0.6 is 11.6 Å². The van der Waals surface area contributed by atoms with Crippen molar-refractivity contribution in [2.75, 3.05) is 13.7 Å². The zero-order chi connectivity index (χ0) is 21.9. The average Bonchev–Trinajstić information content (AvgIpc) is 3.21. The van der Waals surface area contributed by atoms with Gasteiger partial charge in [0.25, 0.3) is 5.91 Å². The third kappa shape index (κ3) is 4.87. The number of carbonyl (C=O) groups is 2. The fraction of sp³-hybridized carbons (Fsp3) is 0.333. The van der Waals surface area contributed by atoms with E-state index in [-0.39, 0.29) is 23.9 Å². The second-order valence-electron chi connectivity index (χ2n) is 6.91. The van der Waals surface area contributed by atoms with Gasteiger partial charge < -0.3 is 15.0 Å². The number of likely N-dealkylation sites (tertiary alicyclic amines) is 1. The quantitative estimate of drug-likeness (QED) is 0.754. The maximum Gasteiger partial charge on any atom is 0.416 e. The molecule has 0 aliphatic carbocycles. The van der Waals surface area contributed by atoms with Crippen LogP contribution in [0.4, 0.5) is 13.2 Å². The predicted molar refractivity (Wildman–Crippen MR) is 105 cm³/mol. The highest BCUT2D eigenvalue weighted by Gasteiger charge is 2.35. The van der Waals surface area contributed by atoms with E-state index in [9.17, 15) is 22.8 Å². The number of nitrogens with one attached hydrogen (secondary N) is 1. The minimum Gasteiger partial charge on any atom is -0.496 e. The molecule has 0 aromatic heterocycles. The van der Waals surface area contributed by atoms with Crippen LogP contribution in [-0.4, -0.2) is 36.4 Å². The Bertz CT molecular complexity index is 932. The Kier molecular flexibility index (Phi) is 6.55. The number of nitrogens with zero attached hydrogens (tertiary/aromatic N) is 1. The van der Waals surface area contributed by atoms with E-state index in [1.54, 1.807) is 12.1 Å². The van der Waals surface area contributed by atoms with Crippen molar-refractivity contribution < 1.29 is 27.5 Å². The molecule has 30 heavy (non-hydrogen) atoms. The predicted octanol–water partition coefficient (Wildman–Crippen LogP) is 4.29. The lowest BCUT2D eigenvalue weighted by atomic mass is 10.1. The summed E-state index contributed by atoms with van der Waals surface area (Å²) in [5, 5.41) is 3.08. The molecule has 9 heteroatoms. The van der Waals surface area contributed by atoms with Crippen LogP contribution in [-0.2, 0) is 17.5 Å². The molecule has 1 atom stereocenters. The monoisotopic (exact) mass is 440 g/mol. The molecular weight excluding hydrogens is 421 g/mol. The summed E-state index contributed by atoms with van der Waals surface area (Å²) in [6.45, 7) is 0.475. The van der Waals surface area contributed by atoms with Gasteiger partial charge in [-0.05, 0) is 48.7 Å². The summed E-state index contributed by atoms with van der Waals surface area (Å²) in [7, 11) is 1.44. The second-order valence-corrected chi connectivity index (χ2v) is 7.35. The van der Waals surface area contributed by atoms with E-state index in [0.29, 0.717) is 35.7 Å². The first-order chi connectivity index (χ1) is 14.2. The van der Waals surface area contributed by atoms with Gasteiger partial charge in [0.05, 0.1) is 18.2 Å². The molecule has 1 heterocycles. The molecule has 0 spiro atoms. The average molecular weight is 441 g/mol. The minimum absolute atomic E-state index is 0.0655. The Balaban J connectivity index is 1.67. The van der Waals surface area contributed by atoms with Gasteiger partial charge in [-0.25, -0.2) is 0 Å². The molecule has 2 amide bonds. The van der Waals surface area contributed by atoms with Gasteiger partial charge in [0.1, 0.15) is 11.8 Å². The Morgan fingerprint density at radius 2 is 1.90 bits per heavy atom. The van der Waals surface area contributed by atoms with Gasteiger partial charge in [0, 0.05) is 18.1 Å². The lowest BCUT2D eigenvalue weighted by Crippen LogP contribution is -2.45. The Labute approximate surface area is 176 Å². The molecule has 2 aromatic carbocycles. The van der Waals surface area contributed by atoms with Crippen molar-refractivity contribution in [3.63, 3.8) is 0 Å². The van der Waals surface area contributed by atoms with E-state index < -0.39 is 17.8 Å². The van der Waals surface area contributed by atoms with Gasteiger partial charge >= 0.3 is 6.18 Å². The summed E-state index contributed by atoms with van der Waals surface area (Å²) < 4.78 is 43.2. The first kappa shape index (κ1) is 22.0. The van der Waals surface area contributed by atoms with E-state index >= 15 is 0 Å². The van der Waals surface area contributed by atoms with E-state index in [0.717, 1.165) is 12.1 Å². The van der Waals surface area contributed by atoms with Gasteiger partial charge in [0.15, 0.2) is 0 Å². The van der Waals surface area contributed by atoms with E-state index in [2.05, 4.69) is 5.32 Å². The van der Waals surface area contributed by atoms with Crippen molar-refractivity contribution >= 4 is 23.4 Å². The number of methoxy groups -OCH3 is 1. The van der Waals surface area contributed by atoms with Crippen LogP contribution in [0.5, 0.6) is 5.75 Å². The third-order valence-electron chi connectivity index (χ3n) is 4.96. The highest BCUT2D eigenvalue weighted by atomic mass is 35.5. The third-order valence-corrected chi connectivity index (χ3v) is 5.19. The maximum atomic E-state index is 13.0. The molecule has 160 valence electrons. The maximum absolute atomic E-state index is 13.0. The highest BCUT2D eigenvalue weighted by molar-refractivity contribution is 6.31. The zero-order valence-electron chi connectivity index (χ0n) is 16.1. The van der Waals surface area contributed by atoms with Crippen molar-refractivity contribution in [3.8, 4) is 5.75 Å². The smallest absolute Gasteiger partial charge is 0.416 e. The van der Waals surface area contributed by atoms with Crippen molar-refractivity contribution in [1.82, 2.24) is 10.2 Å². The molecular formula is C21H20ClF3N2O3. The van der Waals surface area contributed by atoms with Gasteiger partial charge in [-0.2, -0.15) is 13.2 Å². The van der Waals surface area contributed by atoms with Crippen molar-refractivity contribution in [2.45, 2.75) is 31.6 Å². The Hall–Kier alpha value is -2.74. The number of halogens is 4. The number of carbonyl (C=O) groups excluding carboxylic acids is 2. The minimum atomic E-state index is -4.41. The van der Waals surface area contributed by atoms with Gasteiger partial charge in [-0.15, -0.1) is 0 Å². The largest absolute Gasteiger partial charge is 0.496 e. The van der Waals surface area contributed by atoms with E-state index in [1.807, 2.05) is 0 Å². The second kappa shape index (κ2) is 8.95. The summed E-state index contributed by atoms with van der Waals surface area (Å²) >= 11 is 6.00. The van der Waals surface area contributed by atoms with Crippen molar-refractivity contribution in [2.24, 2.45) is 0 Å². The SMILES string of the molecule is COc1ccc(Cl)cc1C(=O)N1CCC[C@H]1C(=O)NCc1ccc(C(F)(F)F)cc1. The number of rotatable bonds is 5. The summed E-state index contributed by atoms with van der Waals surface area (Å²) in [6.07, 6.45) is -3.26. The fourth-order valence-electron chi connectivity index (χ4n) is 3.40. The van der Waals surface area contributed by atoms with Crippen LogP contribution in [0.1, 0.15) is 34.3 Å². The standard InChI is InChI=1S/C21H20ClF3N2O3/c1-30-18-9-8-15(22)11-16(18)20(29)27-10-2-3-17(27)19(28)26-12-13-4-6-14(7-5-13)21(23,24)25/h4-9,11,17H,2-3,10,12H2,1H3,(H,26,28)/t17-/m0/s1. The number of ether oxygens (including phenoxy) is 1. The molecule has 1 saturated heterocycles. The van der Waals surface area contributed by atoms with Gasteiger partial charge in [-0.1, -0.05) is 23.7 Å². The summed E-state index contributed by atoms with van der Waals surface area (Å²) in [5.74, 6) is -0.358. The van der Waals surface area contributed by atoms with Gasteiger partial charge in [-0.3, -0.25) is 9.59 Å². The summed E-state index contributed by atoms with van der Waals surface area (Å²) in [5.41, 5.74) is 0.0526. The molecule has 1 aliphatic rings. The summed E-state index contributed by atoms with van der Waals surface area (Å²) in [6, 6.07) is 8.60. The van der Waals surface area contributed by atoms with Crippen LogP contribution < -0.4 is 10.1 Å². The van der Waals surface area contributed by atoms with Crippen LogP contribution in [0.15, 0.2) is 42.5 Å².